The lowest BCUT2D eigenvalue weighted by Gasteiger charge is -2.17. The summed E-state index contributed by atoms with van der Waals surface area (Å²) in [5.41, 5.74) is 0.919. The van der Waals surface area contributed by atoms with Crippen LogP contribution in [0, 0.1) is 0 Å². The van der Waals surface area contributed by atoms with Crippen LogP contribution in [-0.2, 0) is 0 Å². The summed E-state index contributed by atoms with van der Waals surface area (Å²) >= 11 is 12.0. The van der Waals surface area contributed by atoms with Crippen molar-refractivity contribution >= 4 is 29.1 Å². The zero-order chi connectivity index (χ0) is 15.6. The Bertz CT molecular complexity index is 655. The standard InChI is InChI=1S/C14H15Cl2N3O2/c1-9(20)8-18(2)14(21)12-5-6-19(17-12)13-4-3-10(15)7-11(13)16/h3-7,9,20H,8H2,1-2H3. The SMILES string of the molecule is CC(O)CN(C)C(=O)c1ccn(-c2ccc(Cl)cc2Cl)n1. The predicted molar refractivity (Wildman–Crippen MR) is 82.2 cm³/mol. The van der Waals surface area contributed by atoms with Crippen molar-refractivity contribution < 1.29 is 9.90 Å². The maximum Gasteiger partial charge on any atom is 0.274 e. The topological polar surface area (TPSA) is 58.4 Å². The third kappa shape index (κ3) is 3.75. The van der Waals surface area contributed by atoms with E-state index in [1.807, 2.05) is 0 Å². The van der Waals surface area contributed by atoms with E-state index in [1.54, 1.807) is 44.4 Å². The molecular weight excluding hydrogens is 313 g/mol. The molecule has 1 N–H and O–H groups in total. The van der Waals surface area contributed by atoms with Gasteiger partial charge in [-0.1, -0.05) is 23.2 Å². The van der Waals surface area contributed by atoms with Gasteiger partial charge in [-0.3, -0.25) is 4.79 Å². The fourth-order valence-corrected chi connectivity index (χ4v) is 2.41. The second-order valence-electron chi connectivity index (χ2n) is 4.78. The van der Waals surface area contributed by atoms with Crippen molar-refractivity contribution in [2.24, 2.45) is 0 Å². The number of benzene rings is 1. The zero-order valence-electron chi connectivity index (χ0n) is 11.6. The summed E-state index contributed by atoms with van der Waals surface area (Å²) in [6.45, 7) is 1.86. The average molecular weight is 328 g/mol. The van der Waals surface area contributed by atoms with Crippen LogP contribution in [-0.4, -0.2) is 45.4 Å². The summed E-state index contributed by atoms with van der Waals surface area (Å²) in [7, 11) is 1.61. The summed E-state index contributed by atoms with van der Waals surface area (Å²) in [6, 6.07) is 6.64. The third-order valence-corrected chi connectivity index (χ3v) is 3.39. The molecule has 112 valence electrons. The number of likely N-dealkylation sites (N-methyl/N-ethyl adjacent to an activating group) is 1. The fourth-order valence-electron chi connectivity index (χ4n) is 1.91. The summed E-state index contributed by atoms with van der Waals surface area (Å²) < 4.78 is 1.52. The highest BCUT2D eigenvalue weighted by Gasteiger charge is 2.17. The first kappa shape index (κ1) is 15.8. The summed E-state index contributed by atoms with van der Waals surface area (Å²) in [5, 5.41) is 14.5. The van der Waals surface area contributed by atoms with Crippen LogP contribution >= 0.6 is 23.2 Å². The Morgan fingerprint density at radius 2 is 2.14 bits per heavy atom. The number of aliphatic hydroxyl groups is 1. The van der Waals surface area contributed by atoms with Gasteiger partial charge in [-0.05, 0) is 31.2 Å². The van der Waals surface area contributed by atoms with Crippen LogP contribution in [0.5, 0.6) is 0 Å². The van der Waals surface area contributed by atoms with E-state index >= 15 is 0 Å². The van der Waals surface area contributed by atoms with Crippen molar-refractivity contribution in [1.82, 2.24) is 14.7 Å². The van der Waals surface area contributed by atoms with Gasteiger partial charge in [-0.25, -0.2) is 4.68 Å². The van der Waals surface area contributed by atoms with Crippen molar-refractivity contribution in [1.29, 1.82) is 0 Å². The third-order valence-electron chi connectivity index (χ3n) is 2.85. The Balaban J connectivity index is 2.23. The Hall–Kier alpha value is -1.56. The van der Waals surface area contributed by atoms with Gasteiger partial charge < -0.3 is 10.0 Å². The molecule has 1 aromatic heterocycles. The van der Waals surface area contributed by atoms with Gasteiger partial charge in [0.15, 0.2) is 5.69 Å². The largest absolute Gasteiger partial charge is 0.392 e. The fraction of sp³-hybridized carbons (Fsp3) is 0.286. The first-order chi connectivity index (χ1) is 9.88. The molecule has 2 aromatic rings. The van der Waals surface area contributed by atoms with Crippen molar-refractivity contribution in [2.75, 3.05) is 13.6 Å². The van der Waals surface area contributed by atoms with E-state index in [1.165, 1.54) is 9.58 Å². The molecule has 0 spiro atoms. The number of rotatable bonds is 4. The van der Waals surface area contributed by atoms with Crippen LogP contribution in [0.2, 0.25) is 10.0 Å². The monoisotopic (exact) mass is 327 g/mol. The number of hydrogen-bond acceptors (Lipinski definition) is 3. The minimum atomic E-state index is -0.591. The van der Waals surface area contributed by atoms with E-state index in [0.29, 0.717) is 15.7 Å². The predicted octanol–water partition coefficient (Wildman–Crippen LogP) is 2.63. The Kier molecular flexibility index (Phi) is 4.88. The second kappa shape index (κ2) is 6.47. The Morgan fingerprint density at radius 3 is 2.76 bits per heavy atom. The zero-order valence-corrected chi connectivity index (χ0v) is 13.1. The lowest BCUT2D eigenvalue weighted by Crippen LogP contribution is -2.33. The normalized spacial score (nSPS) is 12.2. The molecule has 0 radical (unpaired) electrons. The molecule has 0 saturated carbocycles. The first-order valence-corrected chi connectivity index (χ1v) is 7.08. The van der Waals surface area contributed by atoms with Gasteiger partial charge in [0.2, 0.25) is 0 Å². The summed E-state index contributed by atoms with van der Waals surface area (Å²) in [6.07, 6.45) is 1.06. The minimum Gasteiger partial charge on any atom is -0.392 e. The van der Waals surface area contributed by atoms with E-state index in [2.05, 4.69) is 5.10 Å². The number of aromatic nitrogens is 2. The molecule has 21 heavy (non-hydrogen) atoms. The van der Waals surface area contributed by atoms with E-state index in [4.69, 9.17) is 23.2 Å². The summed E-state index contributed by atoms with van der Waals surface area (Å²) in [5.74, 6) is -0.264. The molecule has 0 fully saturated rings. The molecule has 0 saturated heterocycles. The highest BCUT2D eigenvalue weighted by atomic mass is 35.5. The quantitative estimate of drug-likeness (QED) is 0.939. The van der Waals surface area contributed by atoms with Crippen LogP contribution in [0.15, 0.2) is 30.5 Å². The van der Waals surface area contributed by atoms with E-state index in [-0.39, 0.29) is 18.1 Å². The van der Waals surface area contributed by atoms with Crippen LogP contribution in [0.1, 0.15) is 17.4 Å². The maximum absolute atomic E-state index is 12.1. The number of nitrogens with zero attached hydrogens (tertiary/aromatic N) is 3. The van der Waals surface area contributed by atoms with Crippen molar-refractivity contribution in [2.45, 2.75) is 13.0 Å². The second-order valence-corrected chi connectivity index (χ2v) is 5.62. The number of halogens is 2. The minimum absolute atomic E-state index is 0.243. The van der Waals surface area contributed by atoms with Gasteiger partial charge in [0.1, 0.15) is 0 Å². The number of amides is 1. The lowest BCUT2D eigenvalue weighted by molar-refractivity contribution is 0.0697. The smallest absolute Gasteiger partial charge is 0.274 e. The summed E-state index contributed by atoms with van der Waals surface area (Å²) in [4.78, 5) is 13.6. The molecule has 2 rings (SSSR count). The van der Waals surface area contributed by atoms with Crippen molar-refractivity contribution in [3.8, 4) is 5.69 Å². The number of aliphatic hydroxyl groups excluding tert-OH is 1. The maximum atomic E-state index is 12.1. The van der Waals surface area contributed by atoms with E-state index in [9.17, 15) is 9.90 Å². The molecule has 0 aliphatic carbocycles. The molecular formula is C14H15Cl2N3O2. The average Bonchev–Trinajstić information content (AvgIpc) is 2.86. The molecule has 0 bridgehead atoms. The highest BCUT2D eigenvalue weighted by molar-refractivity contribution is 6.35. The molecule has 7 heteroatoms. The van der Waals surface area contributed by atoms with Gasteiger partial charge in [0.25, 0.3) is 5.91 Å². The van der Waals surface area contributed by atoms with Crippen molar-refractivity contribution in [3.63, 3.8) is 0 Å². The molecule has 1 aromatic carbocycles. The highest BCUT2D eigenvalue weighted by Crippen LogP contribution is 2.24. The Morgan fingerprint density at radius 1 is 1.43 bits per heavy atom. The van der Waals surface area contributed by atoms with Gasteiger partial charge in [-0.2, -0.15) is 5.10 Å². The molecule has 1 heterocycles. The molecule has 1 unspecified atom stereocenters. The molecule has 1 amide bonds. The van der Waals surface area contributed by atoms with E-state index < -0.39 is 6.10 Å². The molecule has 0 aliphatic rings. The van der Waals surface area contributed by atoms with Crippen LogP contribution in [0.25, 0.3) is 5.69 Å². The van der Waals surface area contributed by atoms with Gasteiger partial charge >= 0.3 is 0 Å². The molecule has 5 nitrogen and oxygen atoms in total. The Labute approximate surface area is 132 Å². The van der Waals surface area contributed by atoms with Crippen LogP contribution in [0.3, 0.4) is 0 Å². The van der Waals surface area contributed by atoms with Gasteiger partial charge in [-0.15, -0.1) is 0 Å². The van der Waals surface area contributed by atoms with Crippen molar-refractivity contribution in [3.05, 3.63) is 46.2 Å². The first-order valence-electron chi connectivity index (χ1n) is 6.33. The molecule has 1 atom stereocenters. The number of carbonyl (C=O) groups excluding carboxylic acids is 1. The number of hydrogen-bond donors (Lipinski definition) is 1. The van der Waals surface area contributed by atoms with Gasteiger partial charge in [0.05, 0.1) is 16.8 Å². The lowest BCUT2D eigenvalue weighted by atomic mass is 10.3. The van der Waals surface area contributed by atoms with Gasteiger partial charge in [0, 0.05) is 24.8 Å². The van der Waals surface area contributed by atoms with Crippen LogP contribution < -0.4 is 0 Å². The van der Waals surface area contributed by atoms with Crippen LogP contribution in [0.4, 0.5) is 0 Å². The molecule has 0 aliphatic heterocycles. The number of carbonyl (C=O) groups is 1. The van der Waals surface area contributed by atoms with E-state index in [0.717, 1.165) is 0 Å².